The molecule has 0 amide bonds. The molecule has 0 radical (unpaired) electrons. The van der Waals surface area contributed by atoms with Crippen LogP contribution in [0.4, 0.5) is 0 Å². The fraction of sp³-hybridized carbons (Fsp3) is 0.444. The zero-order valence-corrected chi connectivity index (χ0v) is 10.8. The molecule has 10 heteroatoms. The van der Waals surface area contributed by atoms with Gasteiger partial charge in [0.2, 0.25) is 10.0 Å². The van der Waals surface area contributed by atoms with Gasteiger partial charge in [-0.2, -0.15) is 9.82 Å². The van der Waals surface area contributed by atoms with Crippen molar-refractivity contribution in [1.29, 1.82) is 0 Å². The van der Waals surface area contributed by atoms with Gasteiger partial charge in [-0.1, -0.05) is 0 Å². The van der Waals surface area contributed by atoms with Gasteiger partial charge in [0.15, 0.2) is 0 Å². The molecule has 0 unspecified atom stereocenters. The lowest BCUT2D eigenvalue weighted by molar-refractivity contribution is -0.140. The molecule has 1 heterocycles. The second kappa shape index (κ2) is 5.80. The van der Waals surface area contributed by atoms with Crippen LogP contribution in [0.3, 0.4) is 0 Å². The fourth-order valence-electron chi connectivity index (χ4n) is 1.29. The lowest BCUT2D eigenvalue weighted by Crippen LogP contribution is -2.40. The molecule has 106 valence electrons. The highest BCUT2D eigenvalue weighted by atomic mass is 32.2. The molecule has 0 aliphatic rings. The molecule has 0 spiro atoms. The molecule has 0 saturated carbocycles. The van der Waals surface area contributed by atoms with Crippen LogP contribution in [-0.4, -0.2) is 46.4 Å². The van der Waals surface area contributed by atoms with Crippen molar-refractivity contribution in [3.63, 3.8) is 0 Å². The number of sulfonamides is 1. The van der Waals surface area contributed by atoms with Crippen molar-refractivity contribution in [2.24, 2.45) is 7.05 Å². The van der Waals surface area contributed by atoms with Crippen LogP contribution in [-0.2, 0) is 26.7 Å². The van der Waals surface area contributed by atoms with Gasteiger partial charge in [0.05, 0.1) is 6.20 Å². The van der Waals surface area contributed by atoms with E-state index in [0.29, 0.717) is 0 Å². The SMILES string of the molecule is Cn1cc(S(=O)(=O)N[C@@H](CCC(=O)O)C(=O)O)cn1. The number of hydrogen-bond acceptors (Lipinski definition) is 5. The maximum Gasteiger partial charge on any atom is 0.321 e. The number of rotatable bonds is 7. The Bertz CT molecular complexity index is 579. The highest BCUT2D eigenvalue weighted by Crippen LogP contribution is 2.09. The Labute approximate surface area is 108 Å². The zero-order valence-electron chi connectivity index (χ0n) is 9.98. The van der Waals surface area contributed by atoms with Crippen molar-refractivity contribution in [2.45, 2.75) is 23.8 Å². The summed E-state index contributed by atoms with van der Waals surface area (Å²) >= 11 is 0. The Morgan fingerprint density at radius 1 is 1.47 bits per heavy atom. The summed E-state index contributed by atoms with van der Waals surface area (Å²) in [6.07, 6.45) is 1.48. The quantitative estimate of drug-likeness (QED) is 0.586. The number of nitrogens with one attached hydrogen (secondary N) is 1. The van der Waals surface area contributed by atoms with E-state index in [1.54, 1.807) is 0 Å². The topological polar surface area (TPSA) is 139 Å². The number of hydrogen-bond donors (Lipinski definition) is 3. The number of aryl methyl sites for hydroxylation is 1. The second-order valence-corrected chi connectivity index (χ2v) is 5.51. The molecular weight excluding hydrogens is 278 g/mol. The first-order valence-electron chi connectivity index (χ1n) is 5.18. The van der Waals surface area contributed by atoms with Crippen LogP contribution >= 0.6 is 0 Å². The highest BCUT2D eigenvalue weighted by Gasteiger charge is 2.26. The number of aromatic nitrogens is 2. The summed E-state index contributed by atoms with van der Waals surface area (Å²) in [4.78, 5) is 21.1. The number of nitrogens with zero attached hydrogens (tertiary/aromatic N) is 2. The largest absolute Gasteiger partial charge is 0.481 e. The first kappa shape index (κ1) is 15.1. The third kappa shape index (κ3) is 4.34. The Hall–Kier alpha value is -1.94. The van der Waals surface area contributed by atoms with Crippen LogP contribution in [0.2, 0.25) is 0 Å². The summed E-state index contributed by atoms with van der Waals surface area (Å²) in [7, 11) is -2.53. The number of carbonyl (C=O) groups is 2. The summed E-state index contributed by atoms with van der Waals surface area (Å²) < 4.78 is 26.8. The van der Waals surface area contributed by atoms with Crippen LogP contribution in [0.25, 0.3) is 0 Å². The molecule has 1 aromatic rings. The minimum atomic E-state index is -4.04. The van der Waals surface area contributed by atoms with E-state index in [4.69, 9.17) is 10.2 Å². The second-order valence-electron chi connectivity index (χ2n) is 3.79. The van der Waals surface area contributed by atoms with Crippen LogP contribution in [0, 0.1) is 0 Å². The molecule has 1 rings (SSSR count). The molecular formula is C9H13N3O6S. The normalized spacial score (nSPS) is 13.1. The lowest BCUT2D eigenvalue weighted by atomic mass is 10.2. The highest BCUT2D eigenvalue weighted by molar-refractivity contribution is 7.89. The van der Waals surface area contributed by atoms with Gasteiger partial charge in [-0.3, -0.25) is 14.3 Å². The van der Waals surface area contributed by atoms with Crippen LogP contribution in [0.15, 0.2) is 17.3 Å². The summed E-state index contributed by atoms with van der Waals surface area (Å²) in [6, 6.07) is -1.50. The Morgan fingerprint density at radius 3 is 2.53 bits per heavy atom. The molecule has 0 aliphatic heterocycles. The summed E-state index contributed by atoms with van der Waals surface area (Å²) in [5, 5.41) is 21.0. The number of carboxylic acids is 2. The number of carboxylic acid groups (broad SMARTS) is 2. The average molecular weight is 291 g/mol. The molecule has 9 nitrogen and oxygen atoms in total. The standard InChI is InChI=1S/C9H13N3O6S/c1-12-5-6(4-10-12)19(17,18)11-7(9(15)16)2-3-8(13)14/h4-5,7,11H,2-3H2,1H3,(H,13,14)(H,15,16)/t7-/m0/s1. The lowest BCUT2D eigenvalue weighted by Gasteiger charge is -2.12. The molecule has 0 aromatic carbocycles. The summed E-state index contributed by atoms with van der Waals surface area (Å²) in [6.45, 7) is 0. The molecule has 0 saturated heterocycles. The van der Waals surface area contributed by atoms with E-state index in [0.717, 1.165) is 6.20 Å². The van der Waals surface area contributed by atoms with Crippen LogP contribution < -0.4 is 4.72 Å². The molecule has 0 bridgehead atoms. The third-order valence-electron chi connectivity index (χ3n) is 2.23. The van der Waals surface area contributed by atoms with Gasteiger partial charge in [0, 0.05) is 19.7 Å². The van der Waals surface area contributed by atoms with Crippen molar-refractivity contribution >= 4 is 22.0 Å². The van der Waals surface area contributed by atoms with Crippen molar-refractivity contribution in [3.8, 4) is 0 Å². The molecule has 3 N–H and O–H groups in total. The van der Waals surface area contributed by atoms with Crippen LogP contribution in [0.1, 0.15) is 12.8 Å². The summed E-state index contributed by atoms with van der Waals surface area (Å²) in [5.74, 6) is -2.64. The van der Waals surface area contributed by atoms with Crippen molar-refractivity contribution in [1.82, 2.24) is 14.5 Å². The molecule has 19 heavy (non-hydrogen) atoms. The van der Waals surface area contributed by atoms with Gasteiger partial charge in [-0.05, 0) is 6.42 Å². The van der Waals surface area contributed by atoms with E-state index in [2.05, 4.69) is 5.10 Å². The monoisotopic (exact) mass is 291 g/mol. The van der Waals surface area contributed by atoms with Crippen molar-refractivity contribution < 1.29 is 28.2 Å². The fourth-order valence-corrected chi connectivity index (χ4v) is 2.50. The van der Waals surface area contributed by atoms with E-state index >= 15 is 0 Å². The zero-order chi connectivity index (χ0) is 14.6. The maximum atomic E-state index is 11.8. The van der Waals surface area contributed by atoms with Gasteiger partial charge >= 0.3 is 11.9 Å². The molecule has 0 aliphatic carbocycles. The average Bonchev–Trinajstić information content (AvgIpc) is 2.71. The van der Waals surface area contributed by atoms with Gasteiger partial charge in [0.25, 0.3) is 0 Å². The van der Waals surface area contributed by atoms with Gasteiger partial charge < -0.3 is 10.2 Å². The van der Waals surface area contributed by atoms with E-state index < -0.39 is 34.4 Å². The maximum absolute atomic E-state index is 11.8. The van der Waals surface area contributed by atoms with Crippen molar-refractivity contribution in [3.05, 3.63) is 12.4 Å². The van der Waals surface area contributed by atoms with E-state index in [1.807, 2.05) is 4.72 Å². The molecule has 0 fully saturated rings. The predicted octanol–water partition coefficient (Wildman–Crippen LogP) is -0.984. The third-order valence-corrected chi connectivity index (χ3v) is 3.66. The van der Waals surface area contributed by atoms with Crippen molar-refractivity contribution in [2.75, 3.05) is 0 Å². The minimum Gasteiger partial charge on any atom is -0.481 e. The minimum absolute atomic E-state index is 0.184. The Kier molecular flexibility index (Phi) is 4.62. The Morgan fingerprint density at radius 2 is 2.11 bits per heavy atom. The van der Waals surface area contributed by atoms with E-state index in [-0.39, 0.29) is 11.3 Å². The van der Waals surface area contributed by atoms with Crippen LogP contribution in [0.5, 0.6) is 0 Å². The van der Waals surface area contributed by atoms with Gasteiger partial charge in [0.1, 0.15) is 10.9 Å². The van der Waals surface area contributed by atoms with Gasteiger partial charge in [-0.15, -0.1) is 0 Å². The summed E-state index contributed by atoms with van der Waals surface area (Å²) in [5.41, 5.74) is 0. The van der Waals surface area contributed by atoms with Gasteiger partial charge in [-0.25, -0.2) is 8.42 Å². The van der Waals surface area contributed by atoms with E-state index in [9.17, 15) is 18.0 Å². The smallest absolute Gasteiger partial charge is 0.321 e. The number of aliphatic carboxylic acids is 2. The molecule has 1 aromatic heterocycles. The first-order chi connectivity index (χ1) is 8.72. The Balaban J connectivity index is 2.84. The van der Waals surface area contributed by atoms with E-state index in [1.165, 1.54) is 17.9 Å². The molecule has 1 atom stereocenters. The first-order valence-corrected chi connectivity index (χ1v) is 6.66. The predicted molar refractivity (Wildman–Crippen MR) is 61.8 cm³/mol.